The SMILES string of the molecule is COc1ccccc1C(=O)Nc1ccc(NC(C)C)nc1. The number of ether oxygens (including phenoxy) is 1. The molecule has 0 spiro atoms. The van der Waals surface area contributed by atoms with Crippen LogP contribution in [0.15, 0.2) is 42.6 Å². The molecule has 0 saturated heterocycles. The molecule has 0 bridgehead atoms. The molecule has 2 rings (SSSR count). The topological polar surface area (TPSA) is 63.2 Å². The van der Waals surface area contributed by atoms with E-state index < -0.39 is 0 Å². The Morgan fingerprint density at radius 3 is 2.57 bits per heavy atom. The Morgan fingerprint density at radius 1 is 1.19 bits per heavy atom. The molecule has 1 aromatic heterocycles. The molecule has 0 aliphatic carbocycles. The molecule has 1 heterocycles. The molecule has 5 heteroatoms. The number of para-hydroxylation sites is 1. The molecular formula is C16H19N3O2. The van der Waals surface area contributed by atoms with Gasteiger partial charge in [0.2, 0.25) is 0 Å². The number of hydrogen-bond acceptors (Lipinski definition) is 4. The van der Waals surface area contributed by atoms with E-state index in [9.17, 15) is 4.79 Å². The van der Waals surface area contributed by atoms with E-state index in [0.29, 0.717) is 23.0 Å². The number of anilines is 2. The summed E-state index contributed by atoms with van der Waals surface area (Å²) in [6.07, 6.45) is 1.62. The second-order valence-electron chi connectivity index (χ2n) is 4.89. The minimum absolute atomic E-state index is 0.223. The molecule has 0 aliphatic rings. The second-order valence-corrected chi connectivity index (χ2v) is 4.89. The van der Waals surface area contributed by atoms with Crippen molar-refractivity contribution in [2.24, 2.45) is 0 Å². The van der Waals surface area contributed by atoms with Crippen LogP contribution in [0.25, 0.3) is 0 Å². The zero-order chi connectivity index (χ0) is 15.2. The predicted molar refractivity (Wildman–Crippen MR) is 83.9 cm³/mol. The molecule has 2 N–H and O–H groups in total. The minimum atomic E-state index is -0.223. The van der Waals surface area contributed by atoms with Crippen LogP contribution in [0.2, 0.25) is 0 Å². The van der Waals surface area contributed by atoms with Crippen LogP contribution in [0.1, 0.15) is 24.2 Å². The first-order chi connectivity index (χ1) is 10.1. The lowest BCUT2D eigenvalue weighted by Gasteiger charge is -2.11. The number of carbonyl (C=O) groups is 1. The number of nitrogens with one attached hydrogen (secondary N) is 2. The maximum Gasteiger partial charge on any atom is 0.259 e. The van der Waals surface area contributed by atoms with E-state index >= 15 is 0 Å². The monoisotopic (exact) mass is 285 g/mol. The Balaban J connectivity index is 2.09. The number of aromatic nitrogens is 1. The quantitative estimate of drug-likeness (QED) is 0.885. The fourth-order valence-corrected chi connectivity index (χ4v) is 1.88. The average molecular weight is 285 g/mol. The summed E-state index contributed by atoms with van der Waals surface area (Å²) >= 11 is 0. The van der Waals surface area contributed by atoms with E-state index in [4.69, 9.17) is 4.74 Å². The Labute approximate surface area is 124 Å². The summed E-state index contributed by atoms with van der Waals surface area (Å²) in [5.74, 6) is 1.10. The normalized spacial score (nSPS) is 10.3. The van der Waals surface area contributed by atoms with E-state index in [0.717, 1.165) is 5.82 Å². The van der Waals surface area contributed by atoms with Gasteiger partial charge in [0, 0.05) is 6.04 Å². The van der Waals surface area contributed by atoms with Gasteiger partial charge in [-0.1, -0.05) is 12.1 Å². The van der Waals surface area contributed by atoms with Crippen molar-refractivity contribution in [1.82, 2.24) is 4.98 Å². The number of amides is 1. The molecule has 0 radical (unpaired) electrons. The number of benzene rings is 1. The Morgan fingerprint density at radius 2 is 1.95 bits per heavy atom. The van der Waals surface area contributed by atoms with Gasteiger partial charge >= 0.3 is 0 Å². The van der Waals surface area contributed by atoms with E-state index in [1.165, 1.54) is 0 Å². The van der Waals surface area contributed by atoms with Gasteiger partial charge < -0.3 is 15.4 Å². The van der Waals surface area contributed by atoms with Gasteiger partial charge in [-0.3, -0.25) is 4.79 Å². The van der Waals surface area contributed by atoms with Gasteiger partial charge in [0.25, 0.3) is 5.91 Å². The van der Waals surface area contributed by atoms with E-state index in [1.807, 2.05) is 32.0 Å². The Bertz CT molecular complexity index is 609. The summed E-state index contributed by atoms with van der Waals surface area (Å²) in [5, 5.41) is 6.00. The molecule has 0 aliphatic heterocycles. The molecule has 5 nitrogen and oxygen atoms in total. The zero-order valence-electron chi connectivity index (χ0n) is 12.4. The third-order valence-corrected chi connectivity index (χ3v) is 2.81. The van der Waals surface area contributed by atoms with Crippen LogP contribution < -0.4 is 15.4 Å². The summed E-state index contributed by atoms with van der Waals surface area (Å²) in [5.41, 5.74) is 1.13. The second kappa shape index (κ2) is 6.74. The van der Waals surface area contributed by atoms with Crippen LogP contribution in [-0.4, -0.2) is 24.0 Å². The van der Waals surface area contributed by atoms with Gasteiger partial charge in [-0.25, -0.2) is 4.98 Å². The van der Waals surface area contributed by atoms with Crippen LogP contribution in [0.4, 0.5) is 11.5 Å². The van der Waals surface area contributed by atoms with Gasteiger partial charge in [-0.05, 0) is 38.1 Å². The number of rotatable bonds is 5. The van der Waals surface area contributed by atoms with Crippen molar-refractivity contribution in [3.05, 3.63) is 48.2 Å². The number of hydrogen-bond donors (Lipinski definition) is 2. The molecule has 0 fully saturated rings. The van der Waals surface area contributed by atoms with Gasteiger partial charge in [0.1, 0.15) is 11.6 Å². The summed E-state index contributed by atoms with van der Waals surface area (Å²) < 4.78 is 5.18. The van der Waals surface area contributed by atoms with Crippen LogP contribution in [0.5, 0.6) is 5.75 Å². The fraction of sp³-hybridized carbons (Fsp3) is 0.250. The van der Waals surface area contributed by atoms with Gasteiger partial charge in [-0.2, -0.15) is 0 Å². The van der Waals surface area contributed by atoms with Crippen molar-refractivity contribution >= 4 is 17.4 Å². The Hall–Kier alpha value is -2.56. The first-order valence-corrected chi connectivity index (χ1v) is 6.77. The Kier molecular flexibility index (Phi) is 4.77. The van der Waals surface area contributed by atoms with E-state index in [-0.39, 0.29) is 5.91 Å². The van der Waals surface area contributed by atoms with Gasteiger partial charge in [0.15, 0.2) is 0 Å². The van der Waals surface area contributed by atoms with Gasteiger partial charge in [0.05, 0.1) is 24.6 Å². The van der Waals surface area contributed by atoms with Crippen LogP contribution >= 0.6 is 0 Å². The molecule has 0 unspecified atom stereocenters. The van der Waals surface area contributed by atoms with E-state index in [2.05, 4.69) is 15.6 Å². The zero-order valence-corrected chi connectivity index (χ0v) is 12.4. The lowest BCUT2D eigenvalue weighted by Crippen LogP contribution is -2.14. The number of methoxy groups -OCH3 is 1. The maximum atomic E-state index is 12.2. The minimum Gasteiger partial charge on any atom is -0.496 e. The molecule has 1 amide bonds. The molecule has 0 saturated carbocycles. The smallest absolute Gasteiger partial charge is 0.259 e. The largest absolute Gasteiger partial charge is 0.496 e. The third kappa shape index (κ3) is 3.95. The number of pyridine rings is 1. The summed E-state index contributed by atoms with van der Waals surface area (Å²) in [7, 11) is 1.54. The highest BCUT2D eigenvalue weighted by Crippen LogP contribution is 2.19. The first kappa shape index (κ1) is 14.8. The summed E-state index contributed by atoms with van der Waals surface area (Å²) in [4.78, 5) is 16.5. The lowest BCUT2D eigenvalue weighted by molar-refractivity contribution is 0.102. The van der Waals surface area contributed by atoms with Crippen molar-refractivity contribution in [3.63, 3.8) is 0 Å². The van der Waals surface area contributed by atoms with Crippen LogP contribution in [0.3, 0.4) is 0 Å². The molecular weight excluding hydrogens is 266 g/mol. The molecule has 1 aromatic carbocycles. The highest BCUT2D eigenvalue weighted by molar-refractivity contribution is 6.06. The summed E-state index contributed by atoms with van der Waals surface area (Å²) in [6.45, 7) is 4.08. The van der Waals surface area contributed by atoms with Crippen molar-refractivity contribution in [3.8, 4) is 5.75 Å². The van der Waals surface area contributed by atoms with Crippen molar-refractivity contribution in [2.45, 2.75) is 19.9 Å². The van der Waals surface area contributed by atoms with E-state index in [1.54, 1.807) is 31.5 Å². The fourth-order valence-electron chi connectivity index (χ4n) is 1.88. The average Bonchev–Trinajstić information content (AvgIpc) is 2.48. The molecule has 110 valence electrons. The number of nitrogens with zero attached hydrogens (tertiary/aromatic N) is 1. The lowest BCUT2D eigenvalue weighted by atomic mass is 10.2. The molecule has 0 atom stereocenters. The van der Waals surface area contributed by atoms with Gasteiger partial charge in [-0.15, -0.1) is 0 Å². The standard InChI is InChI=1S/C16H19N3O2/c1-11(2)18-15-9-8-12(10-17-15)19-16(20)13-6-4-5-7-14(13)21-3/h4-11H,1-3H3,(H,17,18)(H,19,20). The highest BCUT2D eigenvalue weighted by atomic mass is 16.5. The third-order valence-electron chi connectivity index (χ3n) is 2.81. The maximum absolute atomic E-state index is 12.2. The van der Waals surface area contributed by atoms with Crippen LogP contribution in [0, 0.1) is 0 Å². The number of carbonyl (C=O) groups excluding carboxylic acids is 1. The first-order valence-electron chi connectivity index (χ1n) is 6.77. The van der Waals surface area contributed by atoms with Crippen molar-refractivity contribution < 1.29 is 9.53 Å². The van der Waals surface area contributed by atoms with Crippen LogP contribution in [-0.2, 0) is 0 Å². The van der Waals surface area contributed by atoms with Crippen molar-refractivity contribution in [1.29, 1.82) is 0 Å². The molecule has 21 heavy (non-hydrogen) atoms. The highest BCUT2D eigenvalue weighted by Gasteiger charge is 2.11. The summed E-state index contributed by atoms with van der Waals surface area (Å²) in [6, 6.07) is 11.0. The predicted octanol–water partition coefficient (Wildman–Crippen LogP) is 3.16. The van der Waals surface area contributed by atoms with Crippen molar-refractivity contribution in [2.75, 3.05) is 17.7 Å². The molecule has 2 aromatic rings.